The Balaban J connectivity index is 2.17. The van der Waals surface area contributed by atoms with Crippen LogP contribution in [-0.2, 0) is 14.4 Å². The molecule has 1 aliphatic heterocycles. The van der Waals surface area contributed by atoms with E-state index in [9.17, 15) is 14.4 Å². The van der Waals surface area contributed by atoms with Crippen LogP contribution in [0.2, 0.25) is 0 Å². The first-order chi connectivity index (χ1) is 6.61. The van der Waals surface area contributed by atoms with Gasteiger partial charge in [0, 0.05) is 0 Å². The van der Waals surface area contributed by atoms with Gasteiger partial charge in [-0.15, -0.1) is 0 Å². The van der Waals surface area contributed by atoms with Crippen molar-refractivity contribution in [2.24, 2.45) is 17.6 Å². The molecule has 2 N–H and O–H groups in total. The number of hydrogen-bond acceptors (Lipinski definition) is 3. The second-order valence-corrected chi connectivity index (χ2v) is 3.87. The number of carbonyl (C=O) groups excluding carboxylic acids is 3. The van der Waals surface area contributed by atoms with Gasteiger partial charge in [0.05, 0.1) is 11.8 Å². The van der Waals surface area contributed by atoms with Gasteiger partial charge in [0.25, 0.3) is 0 Å². The number of fused-ring (bicyclic) bond motifs is 1. The van der Waals surface area contributed by atoms with Crippen LogP contribution in [0, 0.1) is 11.8 Å². The molecular formula is C9H12N2O3. The number of carbonyl (C=O) groups is 3. The molecule has 14 heavy (non-hydrogen) atoms. The smallest absolute Gasteiger partial charge is 0.237 e. The molecule has 1 aliphatic carbocycles. The molecule has 76 valence electrons. The Hall–Kier alpha value is -1.39. The van der Waals surface area contributed by atoms with Crippen LogP contribution in [-0.4, -0.2) is 29.2 Å². The Kier molecular flexibility index (Phi) is 2.02. The van der Waals surface area contributed by atoms with Crippen molar-refractivity contribution in [2.75, 3.05) is 6.54 Å². The molecular weight excluding hydrogens is 184 g/mol. The molecule has 2 aliphatic rings. The molecule has 1 saturated carbocycles. The number of primary amides is 1. The molecule has 5 heteroatoms. The zero-order valence-electron chi connectivity index (χ0n) is 7.73. The maximum atomic E-state index is 11.6. The SMILES string of the molecule is NC(=O)CN1C(=O)C2CCCC2C1=O. The van der Waals surface area contributed by atoms with Crippen LogP contribution in [0.15, 0.2) is 0 Å². The minimum absolute atomic E-state index is 0.179. The predicted molar refractivity (Wildman–Crippen MR) is 46.7 cm³/mol. The molecule has 2 fully saturated rings. The molecule has 2 rings (SSSR count). The van der Waals surface area contributed by atoms with E-state index < -0.39 is 5.91 Å². The number of nitrogens with two attached hydrogens (primary N) is 1. The number of likely N-dealkylation sites (tertiary alicyclic amines) is 1. The topological polar surface area (TPSA) is 80.5 Å². The maximum absolute atomic E-state index is 11.6. The molecule has 5 nitrogen and oxygen atoms in total. The average molecular weight is 196 g/mol. The van der Waals surface area contributed by atoms with Gasteiger partial charge in [-0.1, -0.05) is 6.42 Å². The number of imide groups is 1. The standard InChI is InChI=1S/C9H12N2O3/c10-7(12)4-11-8(13)5-2-1-3-6(5)9(11)14/h5-6H,1-4H2,(H2,10,12). The third-order valence-electron chi connectivity index (χ3n) is 3.00. The lowest BCUT2D eigenvalue weighted by Crippen LogP contribution is -2.39. The van der Waals surface area contributed by atoms with Crippen molar-refractivity contribution in [2.45, 2.75) is 19.3 Å². The van der Waals surface area contributed by atoms with Crippen LogP contribution in [0.5, 0.6) is 0 Å². The summed E-state index contributed by atoms with van der Waals surface area (Å²) in [5.41, 5.74) is 4.96. The van der Waals surface area contributed by atoms with Crippen LogP contribution >= 0.6 is 0 Å². The molecule has 0 aromatic heterocycles. The van der Waals surface area contributed by atoms with E-state index in [2.05, 4.69) is 0 Å². The second-order valence-electron chi connectivity index (χ2n) is 3.87. The van der Waals surface area contributed by atoms with Gasteiger partial charge in [0.2, 0.25) is 17.7 Å². The molecule has 0 radical (unpaired) electrons. The summed E-state index contributed by atoms with van der Waals surface area (Å²) in [4.78, 5) is 34.9. The van der Waals surface area contributed by atoms with Crippen molar-refractivity contribution < 1.29 is 14.4 Å². The van der Waals surface area contributed by atoms with Crippen molar-refractivity contribution in [3.05, 3.63) is 0 Å². The third kappa shape index (κ3) is 1.20. The van der Waals surface area contributed by atoms with E-state index in [0.717, 1.165) is 24.2 Å². The molecule has 0 aromatic carbocycles. The van der Waals surface area contributed by atoms with Crippen LogP contribution in [0.1, 0.15) is 19.3 Å². The van der Waals surface area contributed by atoms with Crippen molar-refractivity contribution in [1.82, 2.24) is 4.90 Å². The van der Waals surface area contributed by atoms with Gasteiger partial charge in [-0.2, -0.15) is 0 Å². The highest BCUT2D eigenvalue weighted by molar-refractivity contribution is 6.07. The normalized spacial score (nSPS) is 31.0. The first-order valence-corrected chi connectivity index (χ1v) is 4.75. The van der Waals surface area contributed by atoms with E-state index in [1.54, 1.807) is 0 Å². The second kappa shape index (κ2) is 3.08. The van der Waals surface area contributed by atoms with Crippen molar-refractivity contribution in [3.63, 3.8) is 0 Å². The molecule has 1 saturated heterocycles. The van der Waals surface area contributed by atoms with Gasteiger partial charge in [0.1, 0.15) is 6.54 Å². The van der Waals surface area contributed by atoms with Gasteiger partial charge in [0.15, 0.2) is 0 Å². The first-order valence-electron chi connectivity index (χ1n) is 4.75. The first kappa shape index (κ1) is 9.18. The Bertz CT molecular complexity index is 291. The lowest BCUT2D eigenvalue weighted by atomic mass is 10.00. The fraction of sp³-hybridized carbons (Fsp3) is 0.667. The Labute approximate surface area is 81.2 Å². The summed E-state index contributed by atoms with van der Waals surface area (Å²) in [6.07, 6.45) is 2.46. The van der Waals surface area contributed by atoms with Crippen LogP contribution in [0.3, 0.4) is 0 Å². The van der Waals surface area contributed by atoms with E-state index in [0.29, 0.717) is 0 Å². The van der Waals surface area contributed by atoms with E-state index >= 15 is 0 Å². The molecule has 0 aromatic rings. The summed E-state index contributed by atoms with van der Waals surface area (Å²) in [6.45, 7) is -0.259. The highest BCUT2D eigenvalue weighted by Crippen LogP contribution is 2.39. The number of rotatable bonds is 2. The monoisotopic (exact) mass is 196 g/mol. The Morgan fingerprint density at radius 2 is 1.79 bits per heavy atom. The summed E-state index contributed by atoms with van der Waals surface area (Å²) >= 11 is 0. The van der Waals surface area contributed by atoms with Crippen molar-refractivity contribution in [1.29, 1.82) is 0 Å². The van der Waals surface area contributed by atoms with Gasteiger partial charge < -0.3 is 5.73 Å². The zero-order valence-corrected chi connectivity index (χ0v) is 7.73. The molecule has 2 atom stereocenters. The van der Waals surface area contributed by atoms with Gasteiger partial charge in [-0.25, -0.2) is 0 Å². The Morgan fingerprint density at radius 1 is 1.29 bits per heavy atom. The highest BCUT2D eigenvalue weighted by atomic mass is 16.2. The quantitative estimate of drug-likeness (QED) is 0.590. The summed E-state index contributed by atoms with van der Waals surface area (Å²) in [5.74, 6) is -1.41. The van der Waals surface area contributed by atoms with E-state index in [1.807, 2.05) is 0 Å². The summed E-state index contributed by atoms with van der Waals surface area (Å²) < 4.78 is 0. The fourth-order valence-corrected chi connectivity index (χ4v) is 2.37. The summed E-state index contributed by atoms with van der Waals surface area (Å²) in [7, 11) is 0. The minimum atomic E-state index is -0.633. The molecule has 2 unspecified atom stereocenters. The average Bonchev–Trinajstić information content (AvgIpc) is 2.65. The lowest BCUT2D eigenvalue weighted by molar-refractivity contribution is -0.143. The van der Waals surface area contributed by atoms with Gasteiger partial charge >= 0.3 is 0 Å². The fourth-order valence-electron chi connectivity index (χ4n) is 2.37. The Morgan fingerprint density at radius 3 is 2.21 bits per heavy atom. The number of nitrogens with zero attached hydrogens (tertiary/aromatic N) is 1. The van der Waals surface area contributed by atoms with Gasteiger partial charge in [-0.05, 0) is 12.8 Å². The zero-order chi connectivity index (χ0) is 10.3. The predicted octanol–water partition coefficient (Wildman–Crippen LogP) is -0.743. The van der Waals surface area contributed by atoms with Crippen LogP contribution in [0.25, 0.3) is 0 Å². The summed E-state index contributed by atoms with van der Waals surface area (Å²) in [5, 5.41) is 0. The molecule has 0 spiro atoms. The lowest BCUT2D eigenvalue weighted by Gasteiger charge is -2.12. The largest absolute Gasteiger partial charge is 0.368 e. The molecule has 1 heterocycles. The highest BCUT2D eigenvalue weighted by Gasteiger charge is 2.49. The van der Waals surface area contributed by atoms with E-state index in [-0.39, 0.29) is 30.2 Å². The van der Waals surface area contributed by atoms with Crippen molar-refractivity contribution >= 4 is 17.7 Å². The summed E-state index contributed by atoms with van der Waals surface area (Å²) in [6, 6.07) is 0. The minimum Gasteiger partial charge on any atom is -0.368 e. The van der Waals surface area contributed by atoms with Crippen molar-refractivity contribution in [3.8, 4) is 0 Å². The number of amides is 3. The van der Waals surface area contributed by atoms with E-state index in [4.69, 9.17) is 5.73 Å². The van der Waals surface area contributed by atoms with E-state index in [1.165, 1.54) is 0 Å². The molecule has 3 amide bonds. The third-order valence-corrected chi connectivity index (χ3v) is 3.00. The maximum Gasteiger partial charge on any atom is 0.237 e. The van der Waals surface area contributed by atoms with Crippen LogP contribution < -0.4 is 5.73 Å². The number of hydrogen-bond donors (Lipinski definition) is 1. The van der Waals surface area contributed by atoms with Crippen LogP contribution in [0.4, 0.5) is 0 Å². The van der Waals surface area contributed by atoms with Gasteiger partial charge in [-0.3, -0.25) is 19.3 Å². The molecule has 0 bridgehead atoms.